The Labute approximate surface area is 117 Å². The van der Waals surface area contributed by atoms with Crippen LogP contribution in [0, 0.1) is 10.1 Å². The van der Waals surface area contributed by atoms with Gasteiger partial charge in [0.15, 0.2) is 0 Å². The summed E-state index contributed by atoms with van der Waals surface area (Å²) >= 11 is 0. The SMILES string of the molecule is CC(=O)CC(=O)Nc1ccc(C(C)(C)C)cc1[N+](=O)[O-]. The van der Waals surface area contributed by atoms with E-state index in [1.807, 2.05) is 20.8 Å². The molecule has 0 aliphatic carbocycles. The van der Waals surface area contributed by atoms with Crippen LogP contribution in [0.4, 0.5) is 11.4 Å². The molecule has 0 bridgehead atoms. The zero-order valence-corrected chi connectivity index (χ0v) is 12.0. The van der Waals surface area contributed by atoms with Crippen LogP contribution in [0.25, 0.3) is 0 Å². The molecule has 0 aliphatic rings. The van der Waals surface area contributed by atoms with Crippen molar-refractivity contribution >= 4 is 23.1 Å². The fourth-order valence-electron chi connectivity index (χ4n) is 1.68. The molecule has 1 amide bonds. The first-order valence-electron chi connectivity index (χ1n) is 6.19. The maximum Gasteiger partial charge on any atom is 0.293 e. The summed E-state index contributed by atoms with van der Waals surface area (Å²) in [6, 6.07) is 4.68. The van der Waals surface area contributed by atoms with Crippen LogP contribution >= 0.6 is 0 Å². The Morgan fingerprint density at radius 2 is 1.90 bits per heavy atom. The molecule has 6 heteroatoms. The number of hydrogen-bond acceptors (Lipinski definition) is 4. The van der Waals surface area contributed by atoms with Gasteiger partial charge in [-0.1, -0.05) is 26.8 Å². The molecule has 1 rings (SSSR count). The molecule has 108 valence electrons. The van der Waals surface area contributed by atoms with Crippen LogP contribution < -0.4 is 5.32 Å². The van der Waals surface area contributed by atoms with Gasteiger partial charge in [-0.15, -0.1) is 0 Å². The Hall–Kier alpha value is -2.24. The lowest BCUT2D eigenvalue weighted by Crippen LogP contribution is -2.17. The fraction of sp³-hybridized carbons (Fsp3) is 0.429. The van der Waals surface area contributed by atoms with Crippen LogP contribution in [-0.2, 0) is 15.0 Å². The van der Waals surface area contributed by atoms with E-state index in [0.717, 1.165) is 5.56 Å². The zero-order chi connectivity index (χ0) is 15.5. The maximum atomic E-state index is 11.5. The van der Waals surface area contributed by atoms with Gasteiger partial charge in [-0.25, -0.2) is 0 Å². The third kappa shape index (κ3) is 4.15. The van der Waals surface area contributed by atoms with E-state index in [9.17, 15) is 19.7 Å². The lowest BCUT2D eigenvalue weighted by atomic mass is 9.86. The van der Waals surface area contributed by atoms with Gasteiger partial charge < -0.3 is 5.32 Å². The Morgan fingerprint density at radius 1 is 1.30 bits per heavy atom. The summed E-state index contributed by atoms with van der Waals surface area (Å²) < 4.78 is 0. The van der Waals surface area contributed by atoms with Gasteiger partial charge in [-0.05, 0) is 24.0 Å². The van der Waals surface area contributed by atoms with Gasteiger partial charge >= 0.3 is 0 Å². The van der Waals surface area contributed by atoms with Crippen molar-refractivity contribution in [2.75, 3.05) is 5.32 Å². The molecule has 0 aromatic heterocycles. The molecule has 1 N–H and O–H groups in total. The van der Waals surface area contributed by atoms with Crippen molar-refractivity contribution in [2.24, 2.45) is 0 Å². The third-order valence-electron chi connectivity index (χ3n) is 2.74. The monoisotopic (exact) mass is 278 g/mol. The number of carbonyl (C=O) groups excluding carboxylic acids is 2. The third-order valence-corrected chi connectivity index (χ3v) is 2.74. The minimum Gasteiger partial charge on any atom is -0.320 e. The predicted octanol–water partition coefficient (Wildman–Crippen LogP) is 2.81. The second-order valence-electron chi connectivity index (χ2n) is 5.67. The number of benzene rings is 1. The Kier molecular flexibility index (Phi) is 4.60. The van der Waals surface area contributed by atoms with Crippen LogP contribution in [0.15, 0.2) is 18.2 Å². The van der Waals surface area contributed by atoms with Crippen molar-refractivity contribution in [1.29, 1.82) is 0 Å². The van der Waals surface area contributed by atoms with Gasteiger partial charge in [0.05, 0.1) is 11.3 Å². The van der Waals surface area contributed by atoms with E-state index in [0.29, 0.717) is 0 Å². The van der Waals surface area contributed by atoms with Gasteiger partial charge in [0.1, 0.15) is 11.5 Å². The number of nitro groups is 1. The second-order valence-corrected chi connectivity index (χ2v) is 5.67. The molecule has 0 radical (unpaired) electrons. The molecule has 0 aliphatic heterocycles. The molecule has 20 heavy (non-hydrogen) atoms. The summed E-state index contributed by atoms with van der Waals surface area (Å²) in [4.78, 5) is 32.9. The van der Waals surface area contributed by atoms with Gasteiger partial charge in [0, 0.05) is 6.07 Å². The predicted molar refractivity (Wildman–Crippen MR) is 75.7 cm³/mol. The molecule has 0 heterocycles. The molecule has 6 nitrogen and oxygen atoms in total. The number of nitrogens with zero attached hydrogens (tertiary/aromatic N) is 1. The first kappa shape index (κ1) is 15.8. The van der Waals surface area contributed by atoms with Crippen LogP contribution in [0.1, 0.15) is 39.7 Å². The number of carbonyl (C=O) groups is 2. The van der Waals surface area contributed by atoms with Crippen molar-refractivity contribution in [3.63, 3.8) is 0 Å². The Balaban J connectivity index is 3.11. The van der Waals surface area contributed by atoms with E-state index in [1.54, 1.807) is 6.07 Å². The number of amides is 1. The number of nitro benzene ring substituents is 1. The second kappa shape index (κ2) is 5.81. The topological polar surface area (TPSA) is 89.3 Å². The van der Waals surface area contributed by atoms with E-state index in [4.69, 9.17) is 0 Å². The van der Waals surface area contributed by atoms with Crippen molar-refractivity contribution in [1.82, 2.24) is 0 Å². The lowest BCUT2D eigenvalue weighted by Gasteiger charge is -2.19. The molecule has 1 aromatic carbocycles. The summed E-state index contributed by atoms with van der Waals surface area (Å²) in [5, 5.41) is 13.5. The fourth-order valence-corrected chi connectivity index (χ4v) is 1.68. The average Bonchev–Trinajstić information content (AvgIpc) is 2.26. The van der Waals surface area contributed by atoms with E-state index < -0.39 is 10.8 Å². The largest absolute Gasteiger partial charge is 0.320 e. The van der Waals surface area contributed by atoms with E-state index in [1.165, 1.54) is 19.1 Å². The summed E-state index contributed by atoms with van der Waals surface area (Å²) in [6.07, 6.45) is -0.293. The number of nitrogens with one attached hydrogen (secondary N) is 1. The molecule has 0 unspecified atom stereocenters. The quantitative estimate of drug-likeness (QED) is 0.521. The molecule has 0 saturated heterocycles. The number of ketones is 1. The van der Waals surface area contributed by atoms with Crippen molar-refractivity contribution in [3.05, 3.63) is 33.9 Å². The van der Waals surface area contributed by atoms with Crippen LogP contribution in [0.2, 0.25) is 0 Å². The van der Waals surface area contributed by atoms with Gasteiger partial charge in [0.2, 0.25) is 5.91 Å². The summed E-state index contributed by atoms with van der Waals surface area (Å²) in [6.45, 7) is 7.12. The van der Waals surface area contributed by atoms with E-state index in [2.05, 4.69) is 5.32 Å². The first-order chi connectivity index (χ1) is 9.11. The standard InChI is InChI=1S/C14H18N2O4/c1-9(17)7-13(18)15-11-6-5-10(14(2,3)4)8-12(11)16(19)20/h5-6,8H,7H2,1-4H3,(H,15,18). The molecule has 0 saturated carbocycles. The number of anilines is 1. The van der Waals surface area contributed by atoms with Crippen molar-refractivity contribution in [3.8, 4) is 0 Å². The van der Waals surface area contributed by atoms with Crippen LogP contribution in [0.3, 0.4) is 0 Å². The summed E-state index contributed by atoms with van der Waals surface area (Å²) in [7, 11) is 0. The maximum absolute atomic E-state index is 11.5. The summed E-state index contributed by atoms with van der Waals surface area (Å²) in [5.41, 5.74) is 0.504. The highest BCUT2D eigenvalue weighted by Crippen LogP contribution is 2.31. The average molecular weight is 278 g/mol. The molecular weight excluding hydrogens is 260 g/mol. The number of hydrogen-bond donors (Lipinski definition) is 1. The normalized spacial score (nSPS) is 11.0. The number of rotatable bonds is 4. The van der Waals surface area contributed by atoms with Gasteiger partial charge in [-0.2, -0.15) is 0 Å². The first-order valence-corrected chi connectivity index (χ1v) is 6.19. The lowest BCUT2D eigenvalue weighted by molar-refractivity contribution is -0.384. The number of Topliss-reactive ketones (excluding diaryl/α,β-unsaturated/α-hetero) is 1. The molecule has 0 spiro atoms. The Bertz CT molecular complexity index is 559. The zero-order valence-electron chi connectivity index (χ0n) is 12.0. The summed E-state index contributed by atoms with van der Waals surface area (Å²) in [5.74, 6) is -0.847. The Morgan fingerprint density at radius 3 is 2.35 bits per heavy atom. The van der Waals surface area contributed by atoms with Crippen molar-refractivity contribution in [2.45, 2.75) is 39.5 Å². The smallest absolute Gasteiger partial charge is 0.293 e. The van der Waals surface area contributed by atoms with Crippen LogP contribution in [0.5, 0.6) is 0 Å². The van der Waals surface area contributed by atoms with Gasteiger partial charge in [-0.3, -0.25) is 19.7 Å². The highest BCUT2D eigenvalue weighted by molar-refractivity contribution is 6.04. The van der Waals surface area contributed by atoms with E-state index in [-0.39, 0.29) is 29.0 Å². The molecular formula is C14H18N2O4. The highest BCUT2D eigenvalue weighted by atomic mass is 16.6. The van der Waals surface area contributed by atoms with Crippen molar-refractivity contribution < 1.29 is 14.5 Å². The van der Waals surface area contributed by atoms with E-state index >= 15 is 0 Å². The minimum atomic E-state index is -0.552. The molecule has 0 atom stereocenters. The van der Waals surface area contributed by atoms with Crippen LogP contribution in [-0.4, -0.2) is 16.6 Å². The highest BCUT2D eigenvalue weighted by Gasteiger charge is 2.21. The van der Waals surface area contributed by atoms with Gasteiger partial charge in [0.25, 0.3) is 5.69 Å². The minimum absolute atomic E-state index is 0.106. The molecule has 1 aromatic rings. The molecule has 0 fully saturated rings.